The Bertz CT molecular complexity index is 1060. The summed E-state index contributed by atoms with van der Waals surface area (Å²) >= 11 is 0. The van der Waals surface area contributed by atoms with Gasteiger partial charge in [-0.25, -0.2) is 0 Å². The van der Waals surface area contributed by atoms with Gasteiger partial charge in [0.2, 0.25) is 0 Å². The van der Waals surface area contributed by atoms with Gasteiger partial charge in [-0.15, -0.1) is 0 Å². The minimum Gasteiger partial charge on any atom is -0.494 e. The van der Waals surface area contributed by atoms with E-state index in [1.54, 1.807) is 6.08 Å². The highest BCUT2D eigenvalue weighted by Gasteiger charge is 2.43. The number of allylic oxidation sites excluding steroid dienone is 2. The van der Waals surface area contributed by atoms with Crippen LogP contribution in [0.3, 0.4) is 0 Å². The molecule has 6 nitrogen and oxygen atoms in total. The summed E-state index contributed by atoms with van der Waals surface area (Å²) in [5.74, 6) is 2.87. The van der Waals surface area contributed by atoms with Crippen molar-refractivity contribution in [2.24, 2.45) is 16.7 Å². The third kappa shape index (κ3) is 9.31. The van der Waals surface area contributed by atoms with Crippen LogP contribution in [0.1, 0.15) is 60.8 Å². The van der Waals surface area contributed by atoms with Crippen LogP contribution in [0.5, 0.6) is 11.5 Å². The first-order valence-electron chi connectivity index (χ1n) is 14.4. The first kappa shape index (κ1) is 30.6. The number of benzene rings is 2. The summed E-state index contributed by atoms with van der Waals surface area (Å²) in [6.45, 7) is 18.0. The molecule has 214 valence electrons. The van der Waals surface area contributed by atoms with Gasteiger partial charge in [-0.3, -0.25) is 4.79 Å². The van der Waals surface area contributed by atoms with Crippen molar-refractivity contribution < 1.29 is 14.3 Å². The Balaban J connectivity index is 0.000000185. The normalized spacial score (nSPS) is 22.5. The maximum atomic E-state index is 10.7. The average Bonchev–Trinajstić information content (AvgIpc) is 3.20. The summed E-state index contributed by atoms with van der Waals surface area (Å²) in [5, 5.41) is 3.63. The van der Waals surface area contributed by atoms with E-state index in [1.807, 2.05) is 44.2 Å². The average molecular weight is 536 g/mol. The quantitative estimate of drug-likeness (QED) is 0.425. The van der Waals surface area contributed by atoms with Gasteiger partial charge in [0.15, 0.2) is 5.78 Å². The molecule has 0 radical (unpaired) electrons. The smallest absolute Gasteiger partial charge is 0.155 e. The van der Waals surface area contributed by atoms with Crippen LogP contribution in [-0.4, -0.2) is 44.7 Å². The summed E-state index contributed by atoms with van der Waals surface area (Å²) in [6.07, 6.45) is 6.76. The zero-order valence-corrected chi connectivity index (χ0v) is 24.8. The summed E-state index contributed by atoms with van der Waals surface area (Å²) < 4.78 is 10.8. The van der Waals surface area contributed by atoms with Crippen LogP contribution < -0.4 is 25.4 Å². The van der Waals surface area contributed by atoms with E-state index in [2.05, 4.69) is 62.2 Å². The van der Waals surface area contributed by atoms with Crippen LogP contribution in [0.25, 0.3) is 0 Å². The summed E-state index contributed by atoms with van der Waals surface area (Å²) in [4.78, 5) is 13.3. The van der Waals surface area contributed by atoms with Gasteiger partial charge in [0, 0.05) is 36.9 Å². The van der Waals surface area contributed by atoms with Crippen LogP contribution in [0, 0.1) is 16.7 Å². The molecule has 39 heavy (non-hydrogen) atoms. The molecule has 0 aromatic heterocycles. The number of carbonyl (C=O) groups is 1. The molecule has 1 unspecified atom stereocenters. The number of anilines is 2. The lowest BCUT2D eigenvalue weighted by molar-refractivity contribution is -0.115. The number of hydrogen-bond donors (Lipinski definition) is 2. The highest BCUT2D eigenvalue weighted by Crippen LogP contribution is 2.41. The Morgan fingerprint density at radius 1 is 0.923 bits per heavy atom. The van der Waals surface area contributed by atoms with Crippen molar-refractivity contribution in [3.63, 3.8) is 0 Å². The third-order valence-corrected chi connectivity index (χ3v) is 7.73. The standard InChI is InChI=1S/C17H26N2O.C8H11NO.C8H12O/c1-4-20-15-7-5-14(6-8-15)19-12-13-9-17(2,3)16(19)11-18-10-13;1-2-10-8-5-3-7(9)4-6-8;1-8(2)5-3-7(9)4-6-8/h5-8,13,16,18H,4,9-12H2,1-3H3;3-6H,2,9H2,1H3;3,5H,4,6H2,1-2H3/t13-,16?;;/m1../s1. The van der Waals surface area contributed by atoms with Crippen LogP contribution in [0.4, 0.5) is 11.4 Å². The molecule has 3 aliphatic heterocycles. The SMILES string of the molecule is CC1(C)C=CC(=O)CC1.CCOc1ccc(N)cc1.CCOc1ccc(N2C[C@H]3CNCC2C(C)(C)C3)cc1. The van der Waals surface area contributed by atoms with Gasteiger partial charge in [-0.1, -0.05) is 33.8 Å². The number of ether oxygens (including phenoxy) is 2. The number of nitrogens with one attached hydrogen (secondary N) is 1. The molecule has 3 fully saturated rings. The zero-order valence-electron chi connectivity index (χ0n) is 24.8. The fourth-order valence-electron chi connectivity index (χ4n) is 5.57. The number of carbonyl (C=O) groups excluding carboxylic acids is 1. The van der Waals surface area contributed by atoms with E-state index in [9.17, 15) is 4.79 Å². The number of piperidine rings is 1. The number of nitrogen functional groups attached to an aromatic ring is 1. The molecule has 3 saturated heterocycles. The molecule has 1 aliphatic carbocycles. The molecule has 2 aromatic carbocycles. The molecule has 4 aliphatic rings. The number of nitrogens with zero attached hydrogens (tertiary/aromatic N) is 1. The Labute approximate surface area is 235 Å². The van der Waals surface area contributed by atoms with Crippen molar-refractivity contribution in [1.29, 1.82) is 0 Å². The van der Waals surface area contributed by atoms with Crippen LogP contribution in [-0.2, 0) is 4.79 Å². The second-order valence-corrected chi connectivity index (χ2v) is 12.1. The molecule has 3 heterocycles. The second-order valence-electron chi connectivity index (χ2n) is 12.1. The van der Waals surface area contributed by atoms with Gasteiger partial charge >= 0.3 is 0 Å². The van der Waals surface area contributed by atoms with E-state index >= 15 is 0 Å². The molecule has 6 rings (SSSR count). The molecule has 0 amide bonds. The summed E-state index contributed by atoms with van der Waals surface area (Å²) in [6, 6.07) is 16.6. The molecular formula is C33H49N3O3. The minimum absolute atomic E-state index is 0.258. The van der Waals surface area contributed by atoms with Crippen LogP contribution >= 0.6 is 0 Å². The Hall–Kier alpha value is -2.99. The number of ketones is 1. The fraction of sp³-hybridized carbons (Fsp3) is 0.545. The van der Waals surface area contributed by atoms with Crippen molar-refractivity contribution in [2.75, 3.05) is 43.5 Å². The number of hydrogen-bond acceptors (Lipinski definition) is 6. The lowest BCUT2D eigenvalue weighted by atomic mass is 9.73. The molecule has 0 saturated carbocycles. The summed E-state index contributed by atoms with van der Waals surface area (Å²) in [5.41, 5.74) is 8.21. The van der Waals surface area contributed by atoms with Crippen molar-refractivity contribution in [3.05, 3.63) is 60.7 Å². The van der Waals surface area contributed by atoms with Gasteiger partial charge in [-0.2, -0.15) is 0 Å². The van der Waals surface area contributed by atoms with E-state index in [4.69, 9.17) is 15.2 Å². The zero-order chi connectivity index (χ0) is 28.5. The maximum absolute atomic E-state index is 10.7. The molecule has 2 atom stereocenters. The van der Waals surface area contributed by atoms with Crippen molar-refractivity contribution in [2.45, 2.75) is 66.8 Å². The molecular weight excluding hydrogens is 486 g/mol. The monoisotopic (exact) mass is 535 g/mol. The Morgan fingerprint density at radius 3 is 2.03 bits per heavy atom. The Morgan fingerprint density at radius 2 is 1.51 bits per heavy atom. The lowest BCUT2D eigenvalue weighted by Gasteiger charge is -2.48. The molecule has 2 bridgehead atoms. The predicted molar refractivity (Wildman–Crippen MR) is 163 cm³/mol. The largest absolute Gasteiger partial charge is 0.494 e. The van der Waals surface area contributed by atoms with Crippen molar-refractivity contribution in [3.8, 4) is 11.5 Å². The Kier molecular flexibility index (Phi) is 10.9. The van der Waals surface area contributed by atoms with E-state index < -0.39 is 0 Å². The van der Waals surface area contributed by atoms with Gasteiger partial charge in [0.05, 0.1) is 13.2 Å². The maximum Gasteiger partial charge on any atom is 0.155 e. The van der Waals surface area contributed by atoms with Gasteiger partial charge < -0.3 is 25.4 Å². The van der Waals surface area contributed by atoms with E-state index in [1.165, 1.54) is 18.7 Å². The molecule has 2 aromatic rings. The van der Waals surface area contributed by atoms with Gasteiger partial charge in [-0.05, 0) is 105 Å². The fourth-order valence-corrected chi connectivity index (χ4v) is 5.57. The topological polar surface area (TPSA) is 76.8 Å². The number of fused-ring (bicyclic) bond motifs is 4. The second kappa shape index (κ2) is 13.9. The summed E-state index contributed by atoms with van der Waals surface area (Å²) in [7, 11) is 0. The number of nitrogens with two attached hydrogens (primary N) is 1. The lowest BCUT2D eigenvalue weighted by Crippen LogP contribution is -2.53. The van der Waals surface area contributed by atoms with Gasteiger partial charge in [0.25, 0.3) is 0 Å². The molecule has 3 N–H and O–H groups in total. The van der Waals surface area contributed by atoms with Gasteiger partial charge in [0.1, 0.15) is 11.5 Å². The van der Waals surface area contributed by atoms with Crippen molar-refractivity contribution >= 4 is 17.2 Å². The predicted octanol–water partition coefficient (Wildman–Crippen LogP) is 6.51. The highest BCUT2D eigenvalue weighted by atomic mass is 16.5. The first-order chi connectivity index (χ1) is 18.5. The van der Waals surface area contributed by atoms with E-state index in [-0.39, 0.29) is 11.2 Å². The van der Waals surface area contributed by atoms with E-state index in [0.717, 1.165) is 55.6 Å². The molecule has 6 heteroatoms. The first-order valence-corrected chi connectivity index (χ1v) is 14.4. The third-order valence-electron chi connectivity index (χ3n) is 7.73. The van der Waals surface area contributed by atoms with Crippen LogP contribution in [0.15, 0.2) is 60.7 Å². The van der Waals surface area contributed by atoms with E-state index in [0.29, 0.717) is 18.1 Å². The minimum atomic E-state index is 0.258. The van der Waals surface area contributed by atoms with Crippen molar-refractivity contribution in [1.82, 2.24) is 5.32 Å². The van der Waals surface area contributed by atoms with Crippen LogP contribution in [0.2, 0.25) is 0 Å². The number of rotatable bonds is 5. The molecule has 0 spiro atoms. The highest BCUT2D eigenvalue weighted by molar-refractivity contribution is 5.90.